The number of aromatic amines is 1. The molecule has 0 spiro atoms. The quantitative estimate of drug-likeness (QED) is 0.875. The Bertz CT molecular complexity index is 626. The number of nitrogens with zero attached hydrogens (tertiary/aromatic N) is 2. The minimum Gasteiger partial charge on any atom is -0.478 e. The van der Waals surface area contributed by atoms with Crippen molar-refractivity contribution in [2.75, 3.05) is 7.11 Å². The number of carboxylic acid groups (broad SMARTS) is 1. The van der Waals surface area contributed by atoms with Gasteiger partial charge in [-0.15, -0.1) is 0 Å². The lowest BCUT2D eigenvalue weighted by Gasteiger charge is -2.39. The number of hydrogen-bond donors (Lipinski definition) is 2. The van der Waals surface area contributed by atoms with Crippen molar-refractivity contribution in [1.82, 2.24) is 15.0 Å². The summed E-state index contributed by atoms with van der Waals surface area (Å²) >= 11 is 0. The molecule has 100 valence electrons. The highest BCUT2D eigenvalue weighted by molar-refractivity contribution is 5.99. The number of fused-ring (bicyclic) bond motifs is 1. The van der Waals surface area contributed by atoms with Crippen molar-refractivity contribution in [3.8, 4) is 0 Å². The number of hydrogen-bond acceptors (Lipinski definition) is 4. The molecular weight excluding hydrogens is 246 g/mol. The van der Waals surface area contributed by atoms with E-state index in [4.69, 9.17) is 9.84 Å². The fraction of sp³-hybridized carbons (Fsp3) is 0.462. The van der Waals surface area contributed by atoms with Crippen molar-refractivity contribution in [2.45, 2.75) is 31.3 Å². The molecule has 2 aromatic rings. The van der Waals surface area contributed by atoms with Crippen molar-refractivity contribution >= 4 is 17.1 Å². The van der Waals surface area contributed by atoms with Gasteiger partial charge in [-0.05, 0) is 25.3 Å². The summed E-state index contributed by atoms with van der Waals surface area (Å²) < 4.78 is 5.55. The van der Waals surface area contributed by atoms with Crippen LogP contribution in [0.2, 0.25) is 0 Å². The molecule has 0 atom stereocenters. The number of carboxylic acids is 1. The van der Waals surface area contributed by atoms with E-state index in [2.05, 4.69) is 15.0 Å². The molecule has 1 fully saturated rings. The Balaban J connectivity index is 1.98. The van der Waals surface area contributed by atoms with E-state index in [0.717, 1.165) is 25.1 Å². The van der Waals surface area contributed by atoms with Crippen LogP contribution >= 0.6 is 0 Å². The fourth-order valence-electron chi connectivity index (χ4n) is 2.55. The molecule has 6 nitrogen and oxygen atoms in total. The number of rotatable bonds is 4. The fourth-order valence-corrected chi connectivity index (χ4v) is 2.55. The summed E-state index contributed by atoms with van der Waals surface area (Å²) in [5.74, 6) is -0.245. The molecule has 1 aliphatic rings. The van der Waals surface area contributed by atoms with Gasteiger partial charge in [-0.2, -0.15) is 0 Å². The Labute approximate surface area is 109 Å². The topological polar surface area (TPSA) is 88.1 Å². The predicted octanol–water partition coefficient (Wildman–Crippen LogP) is 1.77. The second kappa shape index (κ2) is 4.31. The first-order valence-electron chi connectivity index (χ1n) is 6.26. The summed E-state index contributed by atoms with van der Waals surface area (Å²) in [4.78, 5) is 22.7. The van der Waals surface area contributed by atoms with E-state index in [-0.39, 0.29) is 11.2 Å². The van der Waals surface area contributed by atoms with Crippen LogP contribution in [0.3, 0.4) is 0 Å². The van der Waals surface area contributed by atoms with E-state index in [1.807, 2.05) is 0 Å². The average molecular weight is 261 g/mol. The normalized spacial score (nSPS) is 17.3. The van der Waals surface area contributed by atoms with Crippen LogP contribution in [0.25, 0.3) is 11.2 Å². The summed E-state index contributed by atoms with van der Waals surface area (Å²) in [5, 5.41) is 9.13. The van der Waals surface area contributed by atoms with Crippen LogP contribution in [0.15, 0.2) is 12.3 Å². The van der Waals surface area contributed by atoms with E-state index in [1.165, 1.54) is 12.3 Å². The van der Waals surface area contributed by atoms with Crippen molar-refractivity contribution < 1.29 is 14.6 Å². The maximum absolute atomic E-state index is 11.1. The summed E-state index contributed by atoms with van der Waals surface area (Å²) in [6, 6.07) is 1.47. The Morgan fingerprint density at radius 3 is 2.95 bits per heavy atom. The Morgan fingerprint density at radius 1 is 1.58 bits per heavy atom. The Morgan fingerprint density at radius 2 is 2.37 bits per heavy atom. The van der Waals surface area contributed by atoms with E-state index in [0.29, 0.717) is 17.6 Å². The number of methoxy groups -OCH3 is 1. The van der Waals surface area contributed by atoms with Crippen molar-refractivity contribution in [1.29, 1.82) is 0 Å². The minimum absolute atomic E-state index is 0.142. The van der Waals surface area contributed by atoms with Crippen molar-refractivity contribution in [3.63, 3.8) is 0 Å². The maximum atomic E-state index is 11.1. The molecule has 2 heterocycles. The molecule has 1 aliphatic carbocycles. The van der Waals surface area contributed by atoms with Crippen LogP contribution in [0, 0.1) is 0 Å². The molecule has 6 heteroatoms. The molecule has 19 heavy (non-hydrogen) atoms. The van der Waals surface area contributed by atoms with Gasteiger partial charge in [0.15, 0.2) is 5.65 Å². The molecule has 0 aromatic carbocycles. The lowest BCUT2D eigenvalue weighted by molar-refractivity contribution is -0.0719. The van der Waals surface area contributed by atoms with E-state index in [1.54, 1.807) is 7.11 Å². The number of ether oxygens (including phenoxy) is 1. The molecule has 0 bridgehead atoms. The van der Waals surface area contributed by atoms with Gasteiger partial charge in [-0.3, -0.25) is 0 Å². The average Bonchev–Trinajstić information content (AvgIpc) is 2.75. The first-order valence-corrected chi connectivity index (χ1v) is 6.26. The molecular formula is C13H15N3O3. The number of carbonyl (C=O) groups is 1. The van der Waals surface area contributed by atoms with Gasteiger partial charge in [0.25, 0.3) is 0 Å². The molecule has 2 aromatic heterocycles. The summed E-state index contributed by atoms with van der Waals surface area (Å²) in [6.45, 7) is 0. The third kappa shape index (κ3) is 1.98. The number of imidazole rings is 1. The number of aromatic carboxylic acids is 1. The largest absolute Gasteiger partial charge is 0.478 e. The van der Waals surface area contributed by atoms with Gasteiger partial charge in [-0.25, -0.2) is 14.8 Å². The van der Waals surface area contributed by atoms with Gasteiger partial charge < -0.3 is 14.8 Å². The Kier molecular flexibility index (Phi) is 2.74. The molecule has 0 radical (unpaired) electrons. The van der Waals surface area contributed by atoms with Gasteiger partial charge in [0.1, 0.15) is 5.82 Å². The van der Waals surface area contributed by atoms with Crippen LogP contribution in [0.5, 0.6) is 0 Å². The highest BCUT2D eigenvalue weighted by Crippen LogP contribution is 2.37. The monoisotopic (exact) mass is 261 g/mol. The van der Waals surface area contributed by atoms with Gasteiger partial charge in [-0.1, -0.05) is 0 Å². The zero-order valence-electron chi connectivity index (χ0n) is 10.6. The summed E-state index contributed by atoms with van der Waals surface area (Å²) in [7, 11) is 1.71. The maximum Gasteiger partial charge on any atom is 0.338 e. The van der Waals surface area contributed by atoms with Gasteiger partial charge >= 0.3 is 5.97 Å². The lowest BCUT2D eigenvalue weighted by Crippen LogP contribution is -2.41. The second-order valence-corrected chi connectivity index (χ2v) is 4.96. The molecule has 0 unspecified atom stereocenters. The van der Waals surface area contributed by atoms with E-state index < -0.39 is 5.97 Å². The summed E-state index contributed by atoms with van der Waals surface area (Å²) in [6.07, 6.45) is 5.32. The van der Waals surface area contributed by atoms with Crippen LogP contribution < -0.4 is 0 Å². The van der Waals surface area contributed by atoms with Crippen LogP contribution in [-0.4, -0.2) is 38.7 Å². The standard InChI is InChI=1S/C13H15N3O3/c1-19-13(4-2-5-13)7-9-15-10-8(12(17)18)3-6-14-11(10)16-9/h3,6H,2,4-5,7H2,1H3,(H,17,18)(H,14,15,16). The van der Waals surface area contributed by atoms with Crippen molar-refractivity contribution in [3.05, 3.63) is 23.7 Å². The highest BCUT2D eigenvalue weighted by atomic mass is 16.5. The molecule has 2 N–H and O–H groups in total. The van der Waals surface area contributed by atoms with Crippen LogP contribution in [0.1, 0.15) is 35.4 Å². The molecule has 0 saturated heterocycles. The Hall–Kier alpha value is -1.95. The predicted molar refractivity (Wildman–Crippen MR) is 68.1 cm³/mol. The van der Waals surface area contributed by atoms with E-state index in [9.17, 15) is 4.79 Å². The first-order chi connectivity index (χ1) is 9.13. The molecule has 0 amide bonds. The molecule has 1 saturated carbocycles. The number of nitrogens with one attached hydrogen (secondary N) is 1. The third-order valence-corrected chi connectivity index (χ3v) is 3.86. The lowest BCUT2D eigenvalue weighted by atomic mass is 9.77. The van der Waals surface area contributed by atoms with Crippen molar-refractivity contribution in [2.24, 2.45) is 0 Å². The minimum atomic E-state index is -0.979. The number of pyridine rings is 1. The highest BCUT2D eigenvalue weighted by Gasteiger charge is 2.38. The van der Waals surface area contributed by atoms with Gasteiger partial charge in [0, 0.05) is 19.7 Å². The van der Waals surface area contributed by atoms with Crippen LogP contribution in [-0.2, 0) is 11.2 Å². The number of H-pyrrole nitrogens is 1. The molecule has 3 rings (SSSR count). The number of aromatic nitrogens is 3. The zero-order chi connectivity index (χ0) is 13.5. The SMILES string of the molecule is COC1(Cc2nc3nccc(C(=O)O)c3[nH]2)CCC1. The third-order valence-electron chi connectivity index (χ3n) is 3.86. The molecule has 0 aliphatic heterocycles. The zero-order valence-corrected chi connectivity index (χ0v) is 10.6. The van der Waals surface area contributed by atoms with Crippen LogP contribution in [0.4, 0.5) is 0 Å². The van der Waals surface area contributed by atoms with E-state index >= 15 is 0 Å². The van der Waals surface area contributed by atoms with Gasteiger partial charge in [0.05, 0.1) is 16.7 Å². The summed E-state index contributed by atoms with van der Waals surface area (Å²) in [5.41, 5.74) is 0.983. The smallest absolute Gasteiger partial charge is 0.338 e. The van der Waals surface area contributed by atoms with Gasteiger partial charge in [0.2, 0.25) is 0 Å². The first kappa shape index (κ1) is 12.1. The second-order valence-electron chi connectivity index (χ2n) is 4.96.